The SMILES string of the molecule is CCCCCCN[C@H]1C[C@H](O)[C@@H](O)[C@H](O)[C@H]1Cn1cc(CNC(C)=O)nn1. The van der Waals surface area contributed by atoms with Gasteiger partial charge >= 0.3 is 0 Å². The molecule has 0 radical (unpaired) electrons. The van der Waals surface area contributed by atoms with Crippen molar-refractivity contribution in [1.29, 1.82) is 0 Å². The Morgan fingerprint density at radius 1 is 1.26 bits per heavy atom. The van der Waals surface area contributed by atoms with Gasteiger partial charge in [0, 0.05) is 25.4 Å². The second-order valence-corrected chi connectivity index (χ2v) is 7.41. The van der Waals surface area contributed by atoms with Crippen molar-refractivity contribution < 1.29 is 20.1 Å². The fraction of sp³-hybridized carbons (Fsp3) is 0.833. The minimum absolute atomic E-state index is 0.122. The van der Waals surface area contributed by atoms with Gasteiger partial charge in [-0.25, -0.2) is 0 Å². The first-order chi connectivity index (χ1) is 12.9. The maximum Gasteiger partial charge on any atom is 0.217 e. The van der Waals surface area contributed by atoms with Gasteiger partial charge in [0.05, 0.1) is 24.9 Å². The zero-order chi connectivity index (χ0) is 19.8. The fourth-order valence-corrected chi connectivity index (χ4v) is 3.54. The molecule has 1 aliphatic carbocycles. The van der Waals surface area contributed by atoms with Gasteiger partial charge in [0.25, 0.3) is 0 Å². The van der Waals surface area contributed by atoms with Gasteiger partial charge in [0.1, 0.15) is 11.8 Å². The largest absolute Gasteiger partial charge is 0.390 e. The number of aromatic nitrogens is 3. The van der Waals surface area contributed by atoms with Crippen LogP contribution in [0.1, 0.15) is 51.6 Å². The zero-order valence-corrected chi connectivity index (χ0v) is 16.2. The van der Waals surface area contributed by atoms with Crippen LogP contribution in [0.5, 0.6) is 0 Å². The van der Waals surface area contributed by atoms with E-state index in [1.165, 1.54) is 19.8 Å². The number of hydrogen-bond acceptors (Lipinski definition) is 7. The summed E-state index contributed by atoms with van der Waals surface area (Å²) in [7, 11) is 0. The summed E-state index contributed by atoms with van der Waals surface area (Å²) in [6.45, 7) is 5.07. The molecule has 0 aromatic carbocycles. The molecule has 5 atom stereocenters. The van der Waals surface area contributed by atoms with Gasteiger partial charge < -0.3 is 26.0 Å². The minimum atomic E-state index is -1.17. The number of unbranched alkanes of at least 4 members (excludes halogenated alkanes) is 3. The fourth-order valence-electron chi connectivity index (χ4n) is 3.54. The second kappa shape index (κ2) is 10.7. The third kappa shape index (κ3) is 6.53. The summed E-state index contributed by atoms with van der Waals surface area (Å²) in [5, 5.41) is 44.8. The van der Waals surface area contributed by atoms with Crippen LogP contribution in [-0.4, -0.2) is 67.1 Å². The molecule has 9 nitrogen and oxygen atoms in total. The molecule has 1 aromatic heterocycles. The Morgan fingerprint density at radius 2 is 2.04 bits per heavy atom. The number of aliphatic hydroxyl groups is 3. The molecule has 0 bridgehead atoms. The summed E-state index contributed by atoms with van der Waals surface area (Å²) < 4.78 is 1.61. The van der Waals surface area contributed by atoms with Crippen LogP contribution in [0.4, 0.5) is 0 Å². The van der Waals surface area contributed by atoms with Gasteiger partial charge in [-0.2, -0.15) is 0 Å². The number of carbonyl (C=O) groups excluding carboxylic acids is 1. The topological polar surface area (TPSA) is 133 Å². The number of nitrogens with one attached hydrogen (secondary N) is 2. The van der Waals surface area contributed by atoms with E-state index in [-0.39, 0.29) is 17.9 Å². The zero-order valence-electron chi connectivity index (χ0n) is 16.2. The van der Waals surface area contributed by atoms with Crippen molar-refractivity contribution in [2.45, 2.75) is 83.4 Å². The van der Waals surface area contributed by atoms with Crippen LogP contribution in [0.15, 0.2) is 6.20 Å². The highest BCUT2D eigenvalue weighted by atomic mass is 16.4. The lowest BCUT2D eigenvalue weighted by Crippen LogP contribution is -2.58. The van der Waals surface area contributed by atoms with Gasteiger partial charge in [-0.3, -0.25) is 9.48 Å². The number of nitrogens with zero attached hydrogens (tertiary/aromatic N) is 3. The Bertz CT molecular complexity index is 582. The number of aliphatic hydroxyl groups excluding tert-OH is 3. The highest BCUT2D eigenvalue weighted by Crippen LogP contribution is 2.27. The van der Waals surface area contributed by atoms with Gasteiger partial charge in [-0.1, -0.05) is 31.4 Å². The Hall–Kier alpha value is -1.55. The van der Waals surface area contributed by atoms with E-state index in [1.54, 1.807) is 10.9 Å². The average molecular weight is 383 g/mol. The molecule has 1 aromatic rings. The van der Waals surface area contributed by atoms with Gasteiger partial charge in [0.2, 0.25) is 5.91 Å². The Balaban J connectivity index is 1.97. The van der Waals surface area contributed by atoms with E-state index in [0.29, 0.717) is 25.2 Å². The first kappa shape index (κ1) is 21.7. The van der Waals surface area contributed by atoms with Crippen LogP contribution in [0.2, 0.25) is 0 Å². The van der Waals surface area contributed by atoms with Crippen molar-refractivity contribution in [3.8, 4) is 0 Å². The monoisotopic (exact) mass is 383 g/mol. The molecule has 1 amide bonds. The molecule has 5 N–H and O–H groups in total. The molecular formula is C18H33N5O4. The maximum atomic E-state index is 11.0. The lowest BCUT2D eigenvalue weighted by Gasteiger charge is -2.41. The highest BCUT2D eigenvalue weighted by Gasteiger charge is 2.42. The third-order valence-corrected chi connectivity index (χ3v) is 5.13. The van der Waals surface area contributed by atoms with E-state index in [1.807, 2.05) is 0 Å². The van der Waals surface area contributed by atoms with Crippen molar-refractivity contribution in [3.63, 3.8) is 0 Å². The van der Waals surface area contributed by atoms with Crippen LogP contribution in [0, 0.1) is 5.92 Å². The van der Waals surface area contributed by atoms with E-state index in [4.69, 9.17) is 0 Å². The van der Waals surface area contributed by atoms with Crippen molar-refractivity contribution in [3.05, 3.63) is 11.9 Å². The van der Waals surface area contributed by atoms with Crippen LogP contribution in [0.3, 0.4) is 0 Å². The molecule has 1 saturated carbocycles. The van der Waals surface area contributed by atoms with Gasteiger partial charge in [-0.05, 0) is 19.4 Å². The molecular weight excluding hydrogens is 350 g/mol. The summed E-state index contributed by atoms with van der Waals surface area (Å²) in [6.07, 6.45) is 3.47. The third-order valence-electron chi connectivity index (χ3n) is 5.13. The molecule has 0 aliphatic heterocycles. The molecule has 9 heteroatoms. The summed E-state index contributed by atoms with van der Waals surface area (Å²) in [4.78, 5) is 11.0. The average Bonchev–Trinajstić information content (AvgIpc) is 3.08. The summed E-state index contributed by atoms with van der Waals surface area (Å²) in [5.41, 5.74) is 0.625. The number of hydrogen-bond donors (Lipinski definition) is 5. The number of amides is 1. The molecule has 27 heavy (non-hydrogen) atoms. The number of rotatable bonds is 10. The van der Waals surface area contributed by atoms with Crippen LogP contribution in [-0.2, 0) is 17.9 Å². The second-order valence-electron chi connectivity index (χ2n) is 7.41. The van der Waals surface area contributed by atoms with Crippen molar-refractivity contribution in [2.24, 2.45) is 5.92 Å². The summed E-state index contributed by atoms with van der Waals surface area (Å²) >= 11 is 0. The van der Waals surface area contributed by atoms with Crippen molar-refractivity contribution in [1.82, 2.24) is 25.6 Å². The van der Waals surface area contributed by atoms with Gasteiger partial charge in [-0.15, -0.1) is 5.10 Å². The molecule has 1 aliphatic rings. The van der Waals surface area contributed by atoms with E-state index in [2.05, 4.69) is 27.9 Å². The smallest absolute Gasteiger partial charge is 0.217 e. The Morgan fingerprint density at radius 3 is 2.74 bits per heavy atom. The molecule has 1 fully saturated rings. The van der Waals surface area contributed by atoms with E-state index >= 15 is 0 Å². The molecule has 1 heterocycles. The molecule has 0 saturated heterocycles. The molecule has 0 unspecified atom stereocenters. The Kier molecular flexibility index (Phi) is 8.62. The standard InChI is InChI=1S/C18H33N5O4/c1-3-4-5-6-7-19-15-8-16(25)18(27)17(26)14(15)11-23-10-13(21-22-23)9-20-12(2)24/h10,14-19,25-27H,3-9,11H2,1-2H3,(H,20,24)/t14-,15-,16-,17+,18+/m0/s1. The first-order valence-electron chi connectivity index (χ1n) is 9.83. The van der Waals surface area contributed by atoms with Crippen molar-refractivity contribution in [2.75, 3.05) is 6.54 Å². The van der Waals surface area contributed by atoms with E-state index in [9.17, 15) is 20.1 Å². The van der Waals surface area contributed by atoms with E-state index < -0.39 is 18.3 Å². The molecule has 154 valence electrons. The predicted molar refractivity (Wildman–Crippen MR) is 99.6 cm³/mol. The normalized spacial score (nSPS) is 28.3. The van der Waals surface area contributed by atoms with Crippen LogP contribution >= 0.6 is 0 Å². The Labute approximate surface area is 160 Å². The van der Waals surface area contributed by atoms with Crippen LogP contribution < -0.4 is 10.6 Å². The lowest BCUT2D eigenvalue weighted by atomic mass is 9.78. The first-order valence-corrected chi connectivity index (χ1v) is 9.83. The van der Waals surface area contributed by atoms with E-state index in [0.717, 1.165) is 19.4 Å². The molecule has 2 rings (SSSR count). The maximum absolute atomic E-state index is 11.0. The lowest BCUT2D eigenvalue weighted by molar-refractivity contribution is -0.124. The van der Waals surface area contributed by atoms with Crippen molar-refractivity contribution >= 4 is 5.91 Å². The predicted octanol–water partition coefficient (Wildman–Crippen LogP) is -0.445. The van der Waals surface area contributed by atoms with Crippen LogP contribution in [0.25, 0.3) is 0 Å². The summed E-state index contributed by atoms with van der Waals surface area (Å²) in [5.74, 6) is -0.443. The quantitative estimate of drug-likeness (QED) is 0.346. The minimum Gasteiger partial charge on any atom is -0.390 e. The molecule has 0 spiro atoms. The van der Waals surface area contributed by atoms with Gasteiger partial charge in [0.15, 0.2) is 0 Å². The number of carbonyl (C=O) groups is 1. The summed E-state index contributed by atoms with van der Waals surface area (Å²) in [6, 6.07) is -0.122. The highest BCUT2D eigenvalue weighted by molar-refractivity contribution is 5.72.